The van der Waals surface area contributed by atoms with Crippen LogP contribution in [0.15, 0.2) is 41.6 Å². The van der Waals surface area contributed by atoms with Gasteiger partial charge in [-0.05, 0) is 42.5 Å². The number of nitrogens with one attached hydrogen (secondary N) is 2. The van der Waals surface area contributed by atoms with Crippen LogP contribution >= 0.6 is 12.2 Å². The Balaban J connectivity index is 1.93. The maximum Gasteiger partial charge on any atom is 0.228 e. The molecule has 4 N–H and O–H groups in total. The normalized spacial score (nSPS) is 13.2. The number of benzene rings is 1. The molecule has 0 spiro atoms. The molecule has 3 rings (SSSR count). The van der Waals surface area contributed by atoms with Gasteiger partial charge in [0.25, 0.3) is 0 Å². The molecule has 0 saturated carbocycles. The maximum atomic E-state index is 5.57. The fourth-order valence-corrected chi connectivity index (χ4v) is 2.52. The van der Waals surface area contributed by atoms with E-state index >= 15 is 0 Å². The molecule has 2 aromatic rings. The van der Waals surface area contributed by atoms with Crippen LogP contribution in [-0.4, -0.2) is 59.1 Å². The number of methoxy groups -OCH3 is 1. The number of nitrogens with zero attached hydrogens (tertiary/aromatic N) is 5. The average Bonchev–Trinajstić information content (AvgIpc) is 3.12. The van der Waals surface area contributed by atoms with Crippen LogP contribution in [0.1, 0.15) is 11.4 Å². The van der Waals surface area contributed by atoms with Crippen molar-refractivity contribution in [3.63, 3.8) is 0 Å². The van der Waals surface area contributed by atoms with Crippen LogP contribution in [0.4, 0.5) is 11.6 Å². The fourth-order valence-electron chi connectivity index (χ4n) is 2.47. The molecule has 0 bridgehead atoms. The van der Waals surface area contributed by atoms with E-state index in [0.29, 0.717) is 18.3 Å². The lowest BCUT2D eigenvalue weighted by Crippen LogP contribution is -2.27. The van der Waals surface area contributed by atoms with Crippen molar-refractivity contribution < 1.29 is 4.74 Å². The fraction of sp³-hybridized carbons (Fsp3) is 0.222. The Bertz CT molecular complexity index is 912. The second kappa shape index (κ2) is 8.53. The quantitative estimate of drug-likeness (QED) is 0.380. The molecule has 0 atom stereocenters. The summed E-state index contributed by atoms with van der Waals surface area (Å²) in [4.78, 5) is 11.2. The van der Waals surface area contributed by atoms with Crippen LogP contribution in [0.3, 0.4) is 0 Å². The summed E-state index contributed by atoms with van der Waals surface area (Å²) in [5.41, 5.74) is 8.74. The molecule has 1 aromatic carbocycles. The van der Waals surface area contributed by atoms with Crippen LogP contribution in [0.5, 0.6) is 5.75 Å². The molecule has 9 nitrogen and oxygen atoms in total. The molecule has 0 saturated heterocycles. The second-order valence-corrected chi connectivity index (χ2v) is 6.47. The third-order valence-corrected chi connectivity index (χ3v) is 4.28. The molecule has 1 aromatic heterocycles. The molecule has 1 aliphatic heterocycles. The highest BCUT2D eigenvalue weighted by atomic mass is 32.1. The summed E-state index contributed by atoms with van der Waals surface area (Å²) >= 11 is 4.91. The third-order valence-electron chi connectivity index (χ3n) is 4.02. The zero-order valence-corrected chi connectivity index (χ0v) is 16.7. The topological polar surface area (TPSA) is 104 Å². The highest BCUT2D eigenvalue weighted by Gasteiger charge is 2.16. The summed E-state index contributed by atoms with van der Waals surface area (Å²) < 4.78 is 5.19. The summed E-state index contributed by atoms with van der Waals surface area (Å²) in [5, 5.41) is 12.2. The molecule has 146 valence electrons. The third kappa shape index (κ3) is 4.65. The first-order chi connectivity index (χ1) is 13.5. The Hall–Kier alpha value is -3.40. The molecular formula is C18H22N8OS. The van der Waals surface area contributed by atoms with E-state index in [2.05, 4.69) is 30.6 Å². The molecule has 0 amide bonds. The molecule has 0 fully saturated rings. The minimum absolute atomic E-state index is 0.171. The molecule has 1 aliphatic rings. The SMILES string of the molecule is COc1ccc(Nc2nc(C=NN(C)C(N)=S)cc(C3=CNCN3C)n2)cc1. The van der Waals surface area contributed by atoms with Crippen molar-refractivity contribution >= 4 is 40.9 Å². The number of hydrogen-bond acceptors (Lipinski definition) is 8. The minimum atomic E-state index is 0.171. The van der Waals surface area contributed by atoms with Gasteiger partial charge in [0.05, 0.1) is 37.1 Å². The van der Waals surface area contributed by atoms with Crippen LogP contribution in [0.25, 0.3) is 5.70 Å². The van der Waals surface area contributed by atoms with Crippen LogP contribution in [0.2, 0.25) is 0 Å². The molecule has 0 unspecified atom stereocenters. The number of rotatable bonds is 6. The lowest BCUT2D eigenvalue weighted by atomic mass is 10.2. The molecule has 0 aliphatic carbocycles. The van der Waals surface area contributed by atoms with E-state index in [1.54, 1.807) is 20.4 Å². The van der Waals surface area contributed by atoms with Crippen LogP contribution in [-0.2, 0) is 0 Å². The number of ether oxygens (including phenoxy) is 1. The Morgan fingerprint density at radius 1 is 1.39 bits per heavy atom. The van der Waals surface area contributed by atoms with Gasteiger partial charge in [-0.2, -0.15) is 5.10 Å². The van der Waals surface area contributed by atoms with Gasteiger partial charge in [-0.1, -0.05) is 0 Å². The largest absolute Gasteiger partial charge is 0.497 e. The van der Waals surface area contributed by atoms with E-state index in [-0.39, 0.29) is 5.11 Å². The van der Waals surface area contributed by atoms with Crippen molar-refractivity contribution in [1.82, 2.24) is 25.2 Å². The zero-order chi connectivity index (χ0) is 20.1. The van der Waals surface area contributed by atoms with Crippen molar-refractivity contribution in [1.29, 1.82) is 0 Å². The van der Waals surface area contributed by atoms with E-state index in [9.17, 15) is 0 Å². The van der Waals surface area contributed by atoms with E-state index in [0.717, 1.165) is 22.8 Å². The predicted octanol–water partition coefficient (Wildman–Crippen LogP) is 1.53. The van der Waals surface area contributed by atoms with Gasteiger partial charge in [0.1, 0.15) is 5.75 Å². The Morgan fingerprint density at radius 3 is 2.75 bits per heavy atom. The van der Waals surface area contributed by atoms with Gasteiger partial charge in [-0.25, -0.2) is 15.0 Å². The van der Waals surface area contributed by atoms with Gasteiger partial charge in [0.15, 0.2) is 5.11 Å². The number of hydrazone groups is 1. The van der Waals surface area contributed by atoms with Crippen molar-refractivity contribution in [2.75, 3.05) is 33.2 Å². The van der Waals surface area contributed by atoms with Crippen molar-refractivity contribution in [2.45, 2.75) is 0 Å². The predicted molar refractivity (Wildman–Crippen MR) is 114 cm³/mol. The second-order valence-electron chi connectivity index (χ2n) is 6.05. The number of anilines is 2. The molecular weight excluding hydrogens is 376 g/mol. The van der Waals surface area contributed by atoms with Crippen LogP contribution < -0.4 is 21.1 Å². The summed E-state index contributed by atoms with van der Waals surface area (Å²) in [6, 6.07) is 9.37. The molecule has 10 heteroatoms. The first-order valence-electron chi connectivity index (χ1n) is 8.48. The molecule has 28 heavy (non-hydrogen) atoms. The monoisotopic (exact) mass is 398 g/mol. The van der Waals surface area contributed by atoms with Crippen molar-refractivity contribution in [3.8, 4) is 5.75 Å². The summed E-state index contributed by atoms with van der Waals surface area (Å²) in [6.07, 6.45) is 3.51. The average molecular weight is 398 g/mol. The van der Waals surface area contributed by atoms with Gasteiger partial charge >= 0.3 is 0 Å². The smallest absolute Gasteiger partial charge is 0.228 e. The first kappa shape index (κ1) is 19.4. The van der Waals surface area contributed by atoms with E-state index < -0.39 is 0 Å². The standard InChI is InChI=1S/C18H22N8OS/c1-25-11-20-10-16(25)15-8-13(9-21-26(2)17(19)28)23-18(24-15)22-12-4-6-14(27-3)7-5-12/h4-10,20H,11H2,1-3H3,(H2,19,28)(H,22,23,24). The van der Waals surface area contributed by atoms with Crippen molar-refractivity contribution in [2.24, 2.45) is 10.8 Å². The summed E-state index contributed by atoms with van der Waals surface area (Å²) in [7, 11) is 5.29. The van der Waals surface area contributed by atoms with Crippen LogP contribution in [0, 0.1) is 0 Å². The Labute approximate surface area is 168 Å². The van der Waals surface area contributed by atoms with E-state index in [1.807, 2.05) is 43.6 Å². The minimum Gasteiger partial charge on any atom is -0.497 e. The highest BCUT2D eigenvalue weighted by molar-refractivity contribution is 7.80. The summed E-state index contributed by atoms with van der Waals surface area (Å²) in [5.74, 6) is 1.22. The lowest BCUT2D eigenvalue weighted by Gasteiger charge is -2.16. The highest BCUT2D eigenvalue weighted by Crippen LogP contribution is 2.22. The maximum absolute atomic E-state index is 5.57. The van der Waals surface area contributed by atoms with Gasteiger partial charge in [0, 0.05) is 26.0 Å². The number of thiocarbonyl (C=S) groups is 1. The van der Waals surface area contributed by atoms with Gasteiger partial charge in [-0.3, -0.25) is 0 Å². The van der Waals surface area contributed by atoms with E-state index in [1.165, 1.54) is 5.01 Å². The first-order valence-corrected chi connectivity index (χ1v) is 8.89. The zero-order valence-electron chi connectivity index (χ0n) is 15.9. The van der Waals surface area contributed by atoms with Gasteiger partial charge in [0.2, 0.25) is 5.95 Å². The lowest BCUT2D eigenvalue weighted by molar-refractivity contribution is 0.415. The number of hydrogen-bond donors (Lipinski definition) is 3. The number of nitrogens with two attached hydrogens (primary N) is 1. The Morgan fingerprint density at radius 2 is 2.14 bits per heavy atom. The van der Waals surface area contributed by atoms with Gasteiger partial charge in [-0.15, -0.1) is 0 Å². The van der Waals surface area contributed by atoms with E-state index in [4.69, 9.17) is 22.7 Å². The van der Waals surface area contributed by atoms with Crippen molar-refractivity contribution in [3.05, 3.63) is 47.9 Å². The molecule has 0 radical (unpaired) electrons. The Kier molecular flexibility index (Phi) is 5.90. The molecule has 2 heterocycles. The number of aromatic nitrogens is 2. The summed E-state index contributed by atoms with van der Waals surface area (Å²) in [6.45, 7) is 0.716. The van der Waals surface area contributed by atoms with Gasteiger partial charge < -0.3 is 26.0 Å².